The molecule has 0 unspecified atom stereocenters. The zero-order valence-corrected chi connectivity index (χ0v) is 17.8. The zero-order chi connectivity index (χ0) is 22.2. The topological polar surface area (TPSA) is 76.7 Å². The lowest BCUT2D eigenvalue weighted by Crippen LogP contribution is -2.16. The molecule has 6 nitrogen and oxygen atoms in total. The van der Waals surface area contributed by atoms with E-state index in [4.69, 9.17) is 9.47 Å². The van der Waals surface area contributed by atoms with Crippen molar-refractivity contribution in [3.8, 4) is 11.5 Å². The first-order valence-electron chi connectivity index (χ1n) is 9.31. The third-order valence-electron chi connectivity index (χ3n) is 4.28. The van der Waals surface area contributed by atoms with Crippen LogP contribution < -0.4 is 20.1 Å². The Kier molecular flexibility index (Phi) is 7.50. The molecule has 0 spiro atoms. The molecule has 0 heterocycles. The lowest BCUT2D eigenvalue weighted by Gasteiger charge is -2.12. The number of hydrogen-bond acceptors (Lipinski definition) is 5. The summed E-state index contributed by atoms with van der Waals surface area (Å²) < 4.78 is 24.3. The van der Waals surface area contributed by atoms with E-state index >= 15 is 0 Å². The number of thioether (sulfide) groups is 1. The largest absolute Gasteiger partial charge is 0.493 e. The molecule has 0 saturated heterocycles. The van der Waals surface area contributed by atoms with E-state index in [9.17, 15) is 14.0 Å². The highest BCUT2D eigenvalue weighted by Gasteiger charge is 2.15. The molecule has 0 aliphatic rings. The number of anilines is 2. The molecule has 2 N–H and O–H groups in total. The van der Waals surface area contributed by atoms with Crippen molar-refractivity contribution in [2.45, 2.75) is 4.90 Å². The lowest BCUT2D eigenvalue weighted by atomic mass is 10.2. The fourth-order valence-corrected chi connectivity index (χ4v) is 3.64. The maximum Gasteiger partial charge on any atom is 0.256 e. The van der Waals surface area contributed by atoms with E-state index in [1.165, 1.54) is 38.1 Å². The van der Waals surface area contributed by atoms with Gasteiger partial charge in [0.2, 0.25) is 5.91 Å². The van der Waals surface area contributed by atoms with Crippen molar-refractivity contribution in [2.24, 2.45) is 0 Å². The van der Waals surface area contributed by atoms with E-state index in [2.05, 4.69) is 10.6 Å². The molecule has 0 aromatic heterocycles. The molecule has 160 valence electrons. The zero-order valence-electron chi connectivity index (χ0n) is 17.0. The highest BCUT2D eigenvalue weighted by molar-refractivity contribution is 8.00. The quantitative estimate of drug-likeness (QED) is 0.491. The first kappa shape index (κ1) is 22.2. The predicted octanol–water partition coefficient (Wildman–Crippen LogP) is 4.83. The molecule has 0 radical (unpaired) electrons. The van der Waals surface area contributed by atoms with Crippen LogP contribution in [0.25, 0.3) is 0 Å². The van der Waals surface area contributed by atoms with Crippen LogP contribution >= 0.6 is 11.8 Å². The number of nitrogens with one attached hydrogen (secondary N) is 2. The molecule has 0 atom stereocenters. The van der Waals surface area contributed by atoms with E-state index in [0.29, 0.717) is 27.6 Å². The van der Waals surface area contributed by atoms with Crippen LogP contribution in [-0.2, 0) is 4.79 Å². The molecule has 0 fully saturated rings. The van der Waals surface area contributed by atoms with Gasteiger partial charge in [-0.15, -0.1) is 11.8 Å². The number of rotatable bonds is 8. The summed E-state index contributed by atoms with van der Waals surface area (Å²) in [6.07, 6.45) is 0. The summed E-state index contributed by atoms with van der Waals surface area (Å²) in [5.74, 6) is -0.0729. The van der Waals surface area contributed by atoms with E-state index in [0.717, 1.165) is 0 Å². The summed E-state index contributed by atoms with van der Waals surface area (Å²) in [5, 5.41) is 5.35. The second kappa shape index (κ2) is 10.5. The summed E-state index contributed by atoms with van der Waals surface area (Å²) in [4.78, 5) is 25.6. The van der Waals surface area contributed by atoms with Gasteiger partial charge in [-0.2, -0.15) is 0 Å². The normalized spacial score (nSPS) is 10.3. The standard InChI is InChI=1S/C23H21FN2O4S/c1-29-19-12-11-15(13-20(19)30-2)25-22(27)14-31-21-10-6-3-7-16(21)23(28)26-18-9-5-4-8-17(18)24/h3-13H,14H2,1-2H3,(H,25,27)(H,26,28). The van der Waals surface area contributed by atoms with Gasteiger partial charge >= 0.3 is 0 Å². The van der Waals surface area contributed by atoms with Gasteiger partial charge in [-0.05, 0) is 36.4 Å². The van der Waals surface area contributed by atoms with Crippen LogP contribution in [0.5, 0.6) is 11.5 Å². The number of carbonyl (C=O) groups is 2. The Labute approximate surface area is 183 Å². The summed E-state index contributed by atoms with van der Waals surface area (Å²) in [7, 11) is 3.05. The molecule has 0 saturated carbocycles. The second-order valence-corrected chi connectivity index (χ2v) is 7.35. The number of benzene rings is 3. The monoisotopic (exact) mass is 440 g/mol. The van der Waals surface area contributed by atoms with Crippen LogP contribution in [-0.4, -0.2) is 31.8 Å². The van der Waals surface area contributed by atoms with Gasteiger partial charge in [-0.1, -0.05) is 24.3 Å². The molecule has 3 rings (SSSR count). The summed E-state index contributed by atoms with van der Waals surface area (Å²) >= 11 is 1.21. The number of halogens is 1. The van der Waals surface area contributed by atoms with Gasteiger partial charge < -0.3 is 20.1 Å². The van der Waals surface area contributed by atoms with Crippen LogP contribution in [0.1, 0.15) is 10.4 Å². The number of para-hydroxylation sites is 1. The highest BCUT2D eigenvalue weighted by Crippen LogP contribution is 2.30. The van der Waals surface area contributed by atoms with Crippen molar-refractivity contribution in [1.29, 1.82) is 0 Å². The molecule has 0 aliphatic heterocycles. The molecule has 0 aliphatic carbocycles. The van der Waals surface area contributed by atoms with Gasteiger partial charge in [0.05, 0.1) is 31.2 Å². The molecule has 3 aromatic rings. The number of ether oxygens (including phenoxy) is 2. The highest BCUT2D eigenvalue weighted by atomic mass is 32.2. The summed E-state index contributed by atoms with van der Waals surface area (Å²) in [5.41, 5.74) is 1.02. The molecular formula is C23H21FN2O4S. The van der Waals surface area contributed by atoms with Gasteiger partial charge in [0, 0.05) is 16.6 Å². The minimum atomic E-state index is -0.518. The van der Waals surface area contributed by atoms with E-state index in [1.807, 2.05) is 0 Å². The SMILES string of the molecule is COc1ccc(NC(=O)CSc2ccccc2C(=O)Nc2ccccc2F)cc1OC. The fraction of sp³-hybridized carbons (Fsp3) is 0.130. The maximum atomic E-state index is 13.8. The number of hydrogen-bond donors (Lipinski definition) is 2. The lowest BCUT2D eigenvalue weighted by molar-refractivity contribution is -0.113. The van der Waals surface area contributed by atoms with E-state index in [1.54, 1.807) is 54.6 Å². The van der Waals surface area contributed by atoms with Gasteiger partial charge in [0.15, 0.2) is 11.5 Å². The van der Waals surface area contributed by atoms with Crippen molar-refractivity contribution in [2.75, 3.05) is 30.6 Å². The van der Waals surface area contributed by atoms with Crippen molar-refractivity contribution < 1.29 is 23.5 Å². The van der Waals surface area contributed by atoms with Crippen LogP contribution in [0.15, 0.2) is 71.6 Å². The molecule has 31 heavy (non-hydrogen) atoms. The first-order valence-corrected chi connectivity index (χ1v) is 10.3. The van der Waals surface area contributed by atoms with Gasteiger partial charge in [-0.25, -0.2) is 4.39 Å². The Morgan fingerprint density at radius 1 is 0.903 bits per heavy atom. The molecule has 8 heteroatoms. The van der Waals surface area contributed by atoms with E-state index in [-0.39, 0.29) is 17.3 Å². The van der Waals surface area contributed by atoms with Gasteiger partial charge in [-0.3, -0.25) is 9.59 Å². The predicted molar refractivity (Wildman–Crippen MR) is 120 cm³/mol. The third-order valence-corrected chi connectivity index (χ3v) is 5.35. The number of carbonyl (C=O) groups excluding carboxylic acids is 2. The minimum absolute atomic E-state index is 0.0817. The third kappa shape index (κ3) is 5.76. The fourth-order valence-electron chi connectivity index (χ4n) is 2.79. The summed E-state index contributed by atoms with van der Waals surface area (Å²) in [6.45, 7) is 0. The second-order valence-electron chi connectivity index (χ2n) is 6.34. The van der Waals surface area contributed by atoms with Gasteiger partial charge in [0.1, 0.15) is 5.82 Å². The average Bonchev–Trinajstić information content (AvgIpc) is 2.79. The van der Waals surface area contributed by atoms with Crippen LogP contribution in [0.4, 0.5) is 15.8 Å². The van der Waals surface area contributed by atoms with Crippen LogP contribution in [0.2, 0.25) is 0 Å². The van der Waals surface area contributed by atoms with E-state index < -0.39 is 11.7 Å². The summed E-state index contributed by atoms with van der Waals surface area (Å²) in [6, 6.07) is 17.9. The van der Waals surface area contributed by atoms with Crippen LogP contribution in [0.3, 0.4) is 0 Å². The Balaban J connectivity index is 1.65. The van der Waals surface area contributed by atoms with Crippen molar-refractivity contribution in [3.05, 3.63) is 78.1 Å². The average molecular weight is 440 g/mol. The van der Waals surface area contributed by atoms with Gasteiger partial charge in [0.25, 0.3) is 5.91 Å². The molecule has 3 aromatic carbocycles. The number of amides is 2. The Bertz CT molecular complexity index is 1090. The smallest absolute Gasteiger partial charge is 0.256 e. The first-order chi connectivity index (χ1) is 15.0. The van der Waals surface area contributed by atoms with Crippen LogP contribution in [0, 0.1) is 5.82 Å². The van der Waals surface area contributed by atoms with Crippen molar-refractivity contribution >= 4 is 35.0 Å². The minimum Gasteiger partial charge on any atom is -0.493 e. The Hall–Kier alpha value is -3.52. The Morgan fingerprint density at radius 3 is 2.35 bits per heavy atom. The van der Waals surface area contributed by atoms with Crippen molar-refractivity contribution in [1.82, 2.24) is 0 Å². The van der Waals surface area contributed by atoms with Crippen molar-refractivity contribution in [3.63, 3.8) is 0 Å². The molecule has 2 amide bonds. The maximum absolute atomic E-state index is 13.8. The molecular weight excluding hydrogens is 419 g/mol. The Morgan fingerprint density at radius 2 is 1.61 bits per heavy atom. The number of methoxy groups -OCH3 is 2. The molecule has 0 bridgehead atoms.